The van der Waals surface area contributed by atoms with Crippen LogP contribution in [0.2, 0.25) is 0 Å². The number of hydrogen-bond donors (Lipinski definition) is 2. The number of nitrogens with zero attached hydrogens (tertiary/aromatic N) is 7. The van der Waals surface area contributed by atoms with Gasteiger partial charge in [-0.05, 0) is 24.6 Å². The number of alkyl halides is 3. The van der Waals surface area contributed by atoms with Gasteiger partial charge >= 0.3 is 6.18 Å². The highest BCUT2D eigenvalue weighted by Crippen LogP contribution is 2.33. The number of rotatable bonds is 7. The van der Waals surface area contributed by atoms with Crippen LogP contribution >= 0.6 is 0 Å². The Morgan fingerprint density at radius 1 is 1.19 bits per heavy atom. The fourth-order valence-corrected chi connectivity index (χ4v) is 3.69. The fourth-order valence-electron chi connectivity index (χ4n) is 3.69. The molecule has 4 aromatic rings. The molecule has 3 heterocycles. The van der Waals surface area contributed by atoms with Gasteiger partial charge < -0.3 is 10.7 Å². The van der Waals surface area contributed by atoms with Crippen LogP contribution < -0.4 is 5.73 Å². The second-order valence-corrected chi connectivity index (χ2v) is 7.84. The molecule has 0 saturated carbocycles. The Hall–Kier alpha value is -4.49. The first-order chi connectivity index (χ1) is 17.6. The fraction of sp³-hybridized carbons (Fsp3) is 0.217. The molecule has 1 aromatic carbocycles. The van der Waals surface area contributed by atoms with Crippen LogP contribution in [0.1, 0.15) is 42.2 Å². The van der Waals surface area contributed by atoms with E-state index < -0.39 is 29.6 Å². The van der Waals surface area contributed by atoms with Crippen LogP contribution in [0.3, 0.4) is 0 Å². The van der Waals surface area contributed by atoms with Crippen LogP contribution in [-0.2, 0) is 6.18 Å². The number of amidine groups is 1. The van der Waals surface area contributed by atoms with Crippen molar-refractivity contribution >= 4 is 12.2 Å². The molecule has 0 spiro atoms. The molecule has 0 saturated heterocycles. The summed E-state index contributed by atoms with van der Waals surface area (Å²) in [7, 11) is 1.50. The second kappa shape index (κ2) is 10.2. The molecule has 37 heavy (non-hydrogen) atoms. The Balaban J connectivity index is 1.77. The Labute approximate surface area is 207 Å². The zero-order chi connectivity index (χ0) is 26.7. The van der Waals surface area contributed by atoms with Crippen molar-refractivity contribution in [2.45, 2.75) is 25.4 Å². The largest absolute Gasteiger partial charge is 0.451 e. The molecule has 0 amide bonds. The SMILES string of the molecule is CCC(c1cn(-c2cc(F)ccc2F)nn1)c1cc(-c2cnc(C(F)(F)F)nc2)c(/C(N)=N\C=N/C)[nH]1. The Kier molecular flexibility index (Phi) is 7.09. The van der Waals surface area contributed by atoms with E-state index in [0.717, 1.165) is 35.3 Å². The standard InChI is InChI=1S/C23H20F5N9/c1-3-14(18-10-37(36-35-18)19-6-13(24)4-5-16(19)25)17-7-15(20(34-17)21(29)33-11-30-2)12-8-31-22(32-9-12)23(26,27)28/h4-11,14,34H,3H2,1-2H3,(H2,29,30,33). The molecule has 1 atom stereocenters. The van der Waals surface area contributed by atoms with Gasteiger partial charge in [0.1, 0.15) is 29.5 Å². The number of H-pyrrole nitrogens is 1. The van der Waals surface area contributed by atoms with E-state index in [4.69, 9.17) is 5.73 Å². The molecule has 9 nitrogen and oxygen atoms in total. The molecule has 4 rings (SSSR count). The van der Waals surface area contributed by atoms with Gasteiger partial charge in [0.25, 0.3) is 0 Å². The zero-order valence-electron chi connectivity index (χ0n) is 19.5. The first-order valence-electron chi connectivity index (χ1n) is 10.9. The minimum absolute atomic E-state index is 0.0205. The van der Waals surface area contributed by atoms with Crippen LogP contribution in [0.15, 0.2) is 52.8 Å². The normalized spacial score (nSPS) is 13.4. The summed E-state index contributed by atoms with van der Waals surface area (Å²) >= 11 is 0. The minimum Gasteiger partial charge on any atom is -0.382 e. The third-order valence-electron chi connectivity index (χ3n) is 5.43. The van der Waals surface area contributed by atoms with Crippen molar-refractivity contribution in [2.24, 2.45) is 15.7 Å². The van der Waals surface area contributed by atoms with Gasteiger partial charge in [-0.2, -0.15) is 13.2 Å². The van der Waals surface area contributed by atoms with Gasteiger partial charge in [-0.3, -0.25) is 4.99 Å². The van der Waals surface area contributed by atoms with E-state index >= 15 is 0 Å². The number of halogens is 5. The molecule has 0 aliphatic heterocycles. The van der Waals surface area contributed by atoms with Crippen LogP contribution in [0, 0.1) is 11.6 Å². The molecule has 1 unspecified atom stereocenters. The summed E-state index contributed by atoms with van der Waals surface area (Å²) in [5.74, 6) is -2.99. The van der Waals surface area contributed by atoms with E-state index in [-0.39, 0.29) is 17.1 Å². The number of nitrogens with one attached hydrogen (secondary N) is 1. The first kappa shape index (κ1) is 25.6. The van der Waals surface area contributed by atoms with Crippen LogP contribution in [-0.4, -0.2) is 49.2 Å². The van der Waals surface area contributed by atoms with E-state index in [1.54, 1.807) is 6.07 Å². The van der Waals surface area contributed by atoms with E-state index in [1.807, 2.05) is 6.92 Å². The summed E-state index contributed by atoms with van der Waals surface area (Å²) < 4.78 is 67.8. The van der Waals surface area contributed by atoms with Crippen molar-refractivity contribution in [3.8, 4) is 16.8 Å². The predicted octanol–water partition coefficient (Wildman–Crippen LogP) is 4.25. The van der Waals surface area contributed by atoms with Gasteiger partial charge in [-0.25, -0.2) is 28.4 Å². The monoisotopic (exact) mass is 517 g/mol. The van der Waals surface area contributed by atoms with Gasteiger partial charge in [0, 0.05) is 48.2 Å². The minimum atomic E-state index is -4.69. The molecule has 3 aromatic heterocycles. The number of aliphatic imine (C=N–C) groups is 2. The van der Waals surface area contributed by atoms with Gasteiger partial charge in [0.05, 0.1) is 17.6 Å². The highest BCUT2D eigenvalue weighted by molar-refractivity contribution is 6.05. The van der Waals surface area contributed by atoms with Crippen molar-refractivity contribution in [3.05, 3.63) is 77.4 Å². The lowest BCUT2D eigenvalue weighted by atomic mass is 9.98. The molecular formula is C23H20F5N9. The summed E-state index contributed by atoms with van der Waals surface area (Å²) in [5, 5.41) is 8.06. The molecule has 0 fully saturated rings. The maximum Gasteiger partial charge on any atom is 0.451 e. The van der Waals surface area contributed by atoms with Gasteiger partial charge in [0.2, 0.25) is 5.82 Å². The molecule has 3 N–H and O–H groups in total. The molecule has 0 bridgehead atoms. The van der Waals surface area contributed by atoms with Gasteiger partial charge in [-0.15, -0.1) is 5.10 Å². The van der Waals surface area contributed by atoms with Crippen molar-refractivity contribution in [1.82, 2.24) is 29.9 Å². The van der Waals surface area contributed by atoms with Crippen LogP contribution in [0.5, 0.6) is 0 Å². The van der Waals surface area contributed by atoms with E-state index in [1.165, 1.54) is 19.6 Å². The number of hydrogen-bond acceptors (Lipinski definition) is 5. The Bertz CT molecular complexity index is 1450. The summed E-state index contributed by atoms with van der Waals surface area (Å²) in [6.45, 7) is 1.87. The molecular weight excluding hydrogens is 497 g/mol. The summed E-state index contributed by atoms with van der Waals surface area (Å²) in [5.41, 5.74) is 7.98. The average Bonchev–Trinajstić information content (AvgIpc) is 3.52. The number of aromatic amines is 1. The molecule has 0 aliphatic carbocycles. The summed E-state index contributed by atoms with van der Waals surface area (Å²) in [6.07, 6.45) is 0.576. The van der Waals surface area contributed by atoms with E-state index in [0.29, 0.717) is 29.1 Å². The van der Waals surface area contributed by atoms with Crippen molar-refractivity contribution in [3.63, 3.8) is 0 Å². The highest BCUT2D eigenvalue weighted by atomic mass is 19.4. The maximum atomic E-state index is 14.2. The lowest BCUT2D eigenvalue weighted by Crippen LogP contribution is -2.16. The Morgan fingerprint density at radius 2 is 1.92 bits per heavy atom. The van der Waals surface area contributed by atoms with E-state index in [2.05, 4.69) is 35.2 Å². The Morgan fingerprint density at radius 3 is 2.57 bits per heavy atom. The highest BCUT2D eigenvalue weighted by Gasteiger charge is 2.34. The zero-order valence-corrected chi connectivity index (χ0v) is 19.5. The van der Waals surface area contributed by atoms with Crippen molar-refractivity contribution in [2.75, 3.05) is 7.05 Å². The lowest BCUT2D eigenvalue weighted by Gasteiger charge is -2.09. The predicted molar refractivity (Wildman–Crippen MR) is 125 cm³/mol. The van der Waals surface area contributed by atoms with Crippen molar-refractivity contribution < 1.29 is 22.0 Å². The average molecular weight is 517 g/mol. The second-order valence-electron chi connectivity index (χ2n) is 7.84. The van der Waals surface area contributed by atoms with E-state index in [9.17, 15) is 22.0 Å². The lowest BCUT2D eigenvalue weighted by molar-refractivity contribution is -0.144. The van der Waals surface area contributed by atoms with Crippen molar-refractivity contribution in [1.29, 1.82) is 0 Å². The quantitative estimate of drug-likeness (QED) is 0.216. The first-order valence-corrected chi connectivity index (χ1v) is 10.9. The number of aromatic nitrogens is 6. The third kappa shape index (κ3) is 5.37. The smallest absolute Gasteiger partial charge is 0.382 e. The van der Waals surface area contributed by atoms with Crippen LogP contribution in [0.25, 0.3) is 16.8 Å². The molecule has 14 heteroatoms. The van der Waals surface area contributed by atoms with Crippen LogP contribution in [0.4, 0.5) is 22.0 Å². The molecule has 0 radical (unpaired) electrons. The molecule has 192 valence electrons. The summed E-state index contributed by atoms with van der Waals surface area (Å²) in [6, 6.07) is 4.65. The summed E-state index contributed by atoms with van der Waals surface area (Å²) in [4.78, 5) is 17.8. The third-order valence-corrected chi connectivity index (χ3v) is 5.43. The van der Waals surface area contributed by atoms with Gasteiger partial charge in [-0.1, -0.05) is 12.1 Å². The van der Waals surface area contributed by atoms with Gasteiger partial charge in [0.15, 0.2) is 0 Å². The molecule has 0 aliphatic rings. The number of nitrogens with two attached hydrogens (primary N) is 1. The number of benzene rings is 1. The maximum absolute atomic E-state index is 14.2. The topological polar surface area (TPSA) is 123 Å².